The van der Waals surface area contributed by atoms with Crippen molar-refractivity contribution in [1.29, 1.82) is 0 Å². The molecule has 0 spiro atoms. The molecule has 0 aliphatic carbocycles. The van der Waals surface area contributed by atoms with E-state index in [1.807, 2.05) is 33.9 Å². The van der Waals surface area contributed by atoms with Crippen molar-refractivity contribution in [2.45, 2.75) is 72.8 Å². The molecule has 2 aromatic carbocycles. The second-order valence-electron chi connectivity index (χ2n) is 11.3. The summed E-state index contributed by atoms with van der Waals surface area (Å²) in [6, 6.07) is 13.2. The van der Waals surface area contributed by atoms with Gasteiger partial charge in [-0.15, -0.1) is 0 Å². The van der Waals surface area contributed by atoms with Crippen LogP contribution >= 0.6 is 0 Å². The van der Waals surface area contributed by atoms with Gasteiger partial charge in [-0.05, 0) is 103 Å². The summed E-state index contributed by atoms with van der Waals surface area (Å²) in [6.45, 7) is 16.7. The van der Waals surface area contributed by atoms with Crippen LogP contribution in [-0.4, -0.2) is 33.2 Å². The largest absolute Gasteiger partial charge is 0.444 e. The average Bonchev–Trinajstić information content (AvgIpc) is 3.36. The number of rotatable bonds is 6. The van der Waals surface area contributed by atoms with Gasteiger partial charge >= 0.3 is 6.09 Å². The lowest BCUT2D eigenvalue weighted by atomic mass is 9.83. The smallest absolute Gasteiger partial charge is 0.407 e. The van der Waals surface area contributed by atoms with E-state index in [9.17, 15) is 4.79 Å². The highest BCUT2D eigenvalue weighted by molar-refractivity contribution is 5.91. The Morgan fingerprint density at radius 2 is 1.67 bits per heavy atom. The molecule has 0 fully saturated rings. The maximum Gasteiger partial charge on any atom is 0.407 e. The molecule has 0 bridgehead atoms. The van der Waals surface area contributed by atoms with Crippen molar-refractivity contribution in [3.63, 3.8) is 0 Å². The lowest BCUT2D eigenvalue weighted by Crippen LogP contribution is -2.33. The lowest BCUT2D eigenvalue weighted by molar-refractivity contribution is 0.0528. The number of benzene rings is 2. The first kappa shape index (κ1) is 25.5. The van der Waals surface area contributed by atoms with Gasteiger partial charge in [-0.2, -0.15) is 0 Å². The molecule has 2 heterocycles. The molecule has 4 rings (SSSR count). The molecule has 0 aliphatic heterocycles. The highest BCUT2D eigenvalue weighted by Gasteiger charge is 2.27. The highest BCUT2D eigenvalue weighted by atomic mass is 16.6. The Kier molecular flexibility index (Phi) is 6.74. The van der Waals surface area contributed by atoms with E-state index in [1.165, 1.54) is 22.3 Å². The number of fused-ring (bicyclic) bond motifs is 1. The molecule has 190 valence electrons. The second-order valence-corrected chi connectivity index (χ2v) is 11.3. The van der Waals surface area contributed by atoms with Crippen LogP contribution in [-0.2, 0) is 16.6 Å². The zero-order valence-corrected chi connectivity index (χ0v) is 22.7. The fraction of sp³-hybridized carbons (Fsp3) is 0.400. The number of nitrogens with one attached hydrogen (secondary N) is 3. The first-order valence-corrected chi connectivity index (χ1v) is 12.6. The van der Waals surface area contributed by atoms with Gasteiger partial charge in [-0.25, -0.2) is 9.78 Å². The number of carbonyl (C=O) groups excluding carboxylic acids is 1. The van der Waals surface area contributed by atoms with Crippen LogP contribution in [0.25, 0.3) is 22.2 Å². The van der Waals surface area contributed by atoms with E-state index >= 15 is 0 Å². The Bertz CT molecular complexity index is 1380. The molecule has 0 atom stereocenters. The van der Waals surface area contributed by atoms with Gasteiger partial charge in [-0.1, -0.05) is 23.3 Å². The number of carbonyl (C=O) groups is 1. The summed E-state index contributed by atoms with van der Waals surface area (Å²) in [5.41, 5.74) is 8.35. The molecule has 0 radical (unpaired) electrons. The number of amides is 1. The quantitative estimate of drug-likeness (QED) is 0.278. The van der Waals surface area contributed by atoms with Gasteiger partial charge in [0.1, 0.15) is 11.4 Å². The molecule has 0 aliphatic rings. The van der Waals surface area contributed by atoms with Crippen molar-refractivity contribution >= 4 is 17.0 Å². The van der Waals surface area contributed by atoms with Gasteiger partial charge in [0.25, 0.3) is 0 Å². The van der Waals surface area contributed by atoms with Gasteiger partial charge in [-0.3, -0.25) is 0 Å². The maximum absolute atomic E-state index is 12.3. The number of alkyl carbamates (subject to hydrolysis) is 1. The number of nitrogens with zero attached hydrogens (tertiary/aromatic N) is 1. The number of ether oxygens (including phenoxy) is 1. The summed E-state index contributed by atoms with van der Waals surface area (Å²) in [6.07, 6.45) is 2.15. The highest BCUT2D eigenvalue weighted by Crippen LogP contribution is 2.36. The van der Waals surface area contributed by atoms with Crippen molar-refractivity contribution in [3.05, 3.63) is 76.4 Å². The van der Waals surface area contributed by atoms with E-state index in [1.54, 1.807) is 0 Å². The minimum Gasteiger partial charge on any atom is -0.444 e. The molecule has 6 heteroatoms. The summed E-state index contributed by atoms with van der Waals surface area (Å²) in [7, 11) is 0. The minimum absolute atomic E-state index is 0.286. The van der Waals surface area contributed by atoms with Crippen LogP contribution in [0.1, 0.15) is 68.4 Å². The van der Waals surface area contributed by atoms with Crippen LogP contribution in [0.5, 0.6) is 0 Å². The number of hydrogen-bond acceptors (Lipinski definition) is 3. The van der Waals surface area contributed by atoms with E-state index in [4.69, 9.17) is 4.74 Å². The number of aryl methyl sites for hydroxylation is 3. The summed E-state index contributed by atoms with van der Waals surface area (Å²) in [5, 5.41) is 4.08. The maximum atomic E-state index is 12.3. The van der Waals surface area contributed by atoms with Gasteiger partial charge < -0.3 is 20.0 Å². The number of H-pyrrole nitrogens is 2. The van der Waals surface area contributed by atoms with E-state index in [0.717, 1.165) is 33.7 Å². The normalized spacial score (nSPS) is 12.2. The number of aromatic nitrogens is 3. The van der Waals surface area contributed by atoms with Crippen molar-refractivity contribution < 1.29 is 9.53 Å². The molecule has 0 unspecified atom stereocenters. The Balaban J connectivity index is 1.76. The Labute approximate surface area is 213 Å². The molecular weight excluding hydrogens is 448 g/mol. The van der Waals surface area contributed by atoms with Crippen LogP contribution in [0.4, 0.5) is 4.79 Å². The third-order valence-corrected chi connectivity index (χ3v) is 6.48. The van der Waals surface area contributed by atoms with Crippen molar-refractivity contribution in [1.82, 2.24) is 20.3 Å². The topological polar surface area (TPSA) is 82.8 Å². The van der Waals surface area contributed by atoms with E-state index in [-0.39, 0.29) is 5.41 Å². The molecule has 2 aromatic heterocycles. The number of imidazole rings is 1. The van der Waals surface area contributed by atoms with Crippen LogP contribution in [0, 0.1) is 20.8 Å². The van der Waals surface area contributed by atoms with E-state index < -0.39 is 11.7 Å². The van der Waals surface area contributed by atoms with Crippen molar-refractivity contribution in [2.24, 2.45) is 0 Å². The van der Waals surface area contributed by atoms with Crippen molar-refractivity contribution in [2.75, 3.05) is 6.54 Å². The van der Waals surface area contributed by atoms with Crippen LogP contribution in [0.2, 0.25) is 0 Å². The van der Waals surface area contributed by atoms with Crippen LogP contribution in [0.15, 0.2) is 42.6 Å². The second kappa shape index (κ2) is 9.49. The zero-order valence-electron chi connectivity index (χ0n) is 22.7. The Morgan fingerprint density at radius 3 is 2.28 bits per heavy atom. The summed E-state index contributed by atoms with van der Waals surface area (Å²) in [5.74, 6) is 0.942. The number of hydrogen-bond donors (Lipinski definition) is 3. The molecule has 3 N–H and O–H groups in total. The average molecular weight is 487 g/mol. The first-order chi connectivity index (χ1) is 16.8. The molecular formula is C30H38N4O2. The molecule has 6 nitrogen and oxygen atoms in total. The minimum atomic E-state index is -0.528. The SMILES string of the molecule is Cc1cc(C)cc(-c2[nH]c3ccc(C(C)(C)c4ncc(C)[nH]4)cc3c2CCNC(=O)OC(C)(C)C)c1. The zero-order chi connectivity index (χ0) is 26.3. The molecule has 1 amide bonds. The molecule has 4 aromatic rings. The van der Waals surface area contributed by atoms with Crippen LogP contribution in [0.3, 0.4) is 0 Å². The van der Waals surface area contributed by atoms with Gasteiger partial charge in [0.2, 0.25) is 0 Å². The molecule has 0 saturated carbocycles. The van der Waals surface area contributed by atoms with Gasteiger partial charge in [0.05, 0.1) is 0 Å². The summed E-state index contributed by atoms with van der Waals surface area (Å²) >= 11 is 0. The Hall–Kier alpha value is -3.54. The Morgan fingerprint density at radius 1 is 0.972 bits per heavy atom. The van der Waals surface area contributed by atoms with Crippen LogP contribution < -0.4 is 5.32 Å². The van der Waals surface area contributed by atoms with Crippen molar-refractivity contribution in [3.8, 4) is 11.3 Å². The fourth-order valence-electron chi connectivity index (χ4n) is 4.73. The third kappa shape index (κ3) is 5.48. The predicted molar refractivity (Wildman–Crippen MR) is 147 cm³/mol. The molecule has 36 heavy (non-hydrogen) atoms. The lowest BCUT2D eigenvalue weighted by Gasteiger charge is -2.23. The molecule has 0 saturated heterocycles. The monoisotopic (exact) mass is 486 g/mol. The first-order valence-electron chi connectivity index (χ1n) is 12.6. The van der Waals surface area contributed by atoms with Gasteiger partial charge in [0.15, 0.2) is 0 Å². The predicted octanol–water partition coefficient (Wildman–Crippen LogP) is 6.88. The standard InChI is InChI=1S/C30H38N4O2/c1-18-13-19(2)15-21(14-18)26-23(11-12-31-28(35)36-29(4,5)6)24-16-22(9-10-25(24)34-26)30(7,8)27-32-17-20(3)33-27/h9-10,13-17,34H,11-12H2,1-8H3,(H,31,35)(H,32,33). The van der Waals surface area contributed by atoms with Gasteiger partial charge in [0, 0.05) is 40.4 Å². The summed E-state index contributed by atoms with van der Waals surface area (Å²) in [4.78, 5) is 24.0. The third-order valence-electron chi connectivity index (χ3n) is 6.48. The number of aromatic amines is 2. The fourth-order valence-corrected chi connectivity index (χ4v) is 4.73. The van der Waals surface area contributed by atoms with E-state index in [2.05, 4.69) is 84.4 Å². The summed E-state index contributed by atoms with van der Waals surface area (Å²) < 4.78 is 5.44. The van der Waals surface area contributed by atoms with E-state index in [0.29, 0.717) is 13.0 Å².